The predicted octanol–water partition coefficient (Wildman–Crippen LogP) is 6.90. The van der Waals surface area contributed by atoms with Gasteiger partial charge in [0.2, 0.25) is 0 Å². The van der Waals surface area contributed by atoms with E-state index in [2.05, 4.69) is 43.8 Å². The maximum atomic E-state index is 6.35. The molecular weight excluding hydrogens is 304 g/mol. The first kappa shape index (κ1) is 14.1. The predicted molar refractivity (Wildman–Crippen MR) is 100 cm³/mol. The summed E-state index contributed by atoms with van der Waals surface area (Å²) in [6, 6.07) is 14.2. The molecule has 0 saturated heterocycles. The van der Waals surface area contributed by atoms with E-state index in [1.165, 1.54) is 10.9 Å². The van der Waals surface area contributed by atoms with Crippen molar-refractivity contribution in [3.8, 4) is 0 Å². The second-order valence-corrected chi connectivity index (χ2v) is 6.01. The molecule has 0 amide bonds. The third-order valence-electron chi connectivity index (χ3n) is 4.32. The monoisotopic (exact) mass is 318 g/mol. The Morgan fingerprint density at radius 1 is 0.957 bits per heavy atom. The Morgan fingerprint density at radius 3 is 2.48 bits per heavy atom. The van der Waals surface area contributed by atoms with Gasteiger partial charge in [-0.15, -0.1) is 0 Å². The minimum Gasteiger partial charge on any atom is -0.454 e. The van der Waals surface area contributed by atoms with Crippen molar-refractivity contribution in [1.82, 2.24) is 0 Å². The first-order valence-corrected chi connectivity index (χ1v) is 7.91. The molecule has 0 aliphatic heterocycles. The molecule has 0 fully saturated rings. The highest BCUT2D eigenvalue weighted by molar-refractivity contribution is 6.36. The second-order valence-electron chi connectivity index (χ2n) is 5.60. The number of halogens is 1. The third kappa shape index (κ3) is 2.01. The summed E-state index contributed by atoms with van der Waals surface area (Å²) in [4.78, 5) is 0. The van der Waals surface area contributed by atoms with Gasteiger partial charge >= 0.3 is 0 Å². The van der Waals surface area contributed by atoms with Crippen LogP contribution in [0.1, 0.15) is 11.1 Å². The lowest BCUT2D eigenvalue weighted by molar-refractivity contribution is 0.672. The van der Waals surface area contributed by atoms with Gasteiger partial charge in [-0.25, -0.2) is 0 Å². The van der Waals surface area contributed by atoms with Gasteiger partial charge in [-0.05, 0) is 29.5 Å². The van der Waals surface area contributed by atoms with Gasteiger partial charge in [0.05, 0.1) is 5.02 Å². The number of para-hydroxylation sites is 1. The zero-order valence-electron chi connectivity index (χ0n) is 12.8. The van der Waals surface area contributed by atoms with Crippen molar-refractivity contribution in [2.45, 2.75) is 6.92 Å². The van der Waals surface area contributed by atoms with E-state index in [0.29, 0.717) is 5.02 Å². The van der Waals surface area contributed by atoms with E-state index in [1.807, 2.05) is 24.3 Å². The maximum Gasteiger partial charge on any atom is 0.154 e. The molecule has 23 heavy (non-hydrogen) atoms. The molecule has 2 heteroatoms. The van der Waals surface area contributed by atoms with Crippen LogP contribution in [0.2, 0.25) is 5.02 Å². The van der Waals surface area contributed by atoms with Crippen molar-refractivity contribution in [2.75, 3.05) is 0 Å². The summed E-state index contributed by atoms with van der Waals surface area (Å²) in [7, 11) is 0. The van der Waals surface area contributed by atoms with Gasteiger partial charge in [0.25, 0.3) is 0 Å². The summed E-state index contributed by atoms with van der Waals surface area (Å²) in [5.74, 6) is 0. The minimum absolute atomic E-state index is 0.638. The number of rotatable bonds is 2. The fourth-order valence-electron chi connectivity index (χ4n) is 3.26. The summed E-state index contributed by atoms with van der Waals surface area (Å²) in [5, 5.41) is 5.10. The number of benzene rings is 3. The summed E-state index contributed by atoms with van der Waals surface area (Å²) < 4.78 is 6.18. The molecule has 0 radical (unpaired) electrons. The minimum atomic E-state index is 0.638. The number of furan rings is 1. The molecule has 0 saturated carbocycles. The molecule has 0 atom stereocenters. The Kier molecular flexibility index (Phi) is 3.24. The van der Waals surface area contributed by atoms with Gasteiger partial charge in [0.15, 0.2) is 5.58 Å². The van der Waals surface area contributed by atoms with Crippen LogP contribution in [0, 0.1) is 6.92 Å². The molecule has 1 heterocycles. The normalized spacial score (nSPS) is 11.9. The van der Waals surface area contributed by atoms with Crippen LogP contribution in [0.3, 0.4) is 0 Å². The van der Waals surface area contributed by atoms with E-state index in [0.717, 1.165) is 32.9 Å². The maximum absolute atomic E-state index is 6.35. The van der Waals surface area contributed by atoms with Crippen LogP contribution in [0.5, 0.6) is 0 Å². The largest absolute Gasteiger partial charge is 0.454 e. The highest BCUT2D eigenvalue weighted by atomic mass is 35.5. The van der Waals surface area contributed by atoms with E-state index in [4.69, 9.17) is 16.0 Å². The number of hydrogen-bond donors (Lipinski definition) is 0. The number of aryl methyl sites for hydroxylation is 1. The molecule has 0 aliphatic carbocycles. The second kappa shape index (κ2) is 5.29. The lowest BCUT2D eigenvalue weighted by atomic mass is 9.94. The summed E-state index contributed by atoms with van der Waals surface area (Å²) >= 11 is 6.35. The quantitative estimate of drug-likeness (QED) is 0.366. The molecule has 1 aromatic heterocycles. The molecule has 4 rings (SSSR count). The van der Waals surface area contributed by atoms with Gasteiger partial charge in [-0.3, -0.25) is 0 Å². The van der Waals surface area contributed by atoms with Crippen molar-refractivity contribution in [3.63, 3.8) is 0 Å². The molecule has 0 spiro atoms. The van der Waals surface area contributed by atoms with Gasteiger partial charge in [-0.1, -0.05) is 72.8 Å². The molecule has 1 nitrogen and oxygen atoms in total. The van der Waals surface area contributed by atoms with Crippen LogP contribution in [0.4, 0.5) is 0 Å². The summed E-state index contributed by atoms with van der Waals surface area (Å²) in [6.45, 7) is 5.93. The van der Waals surface area contributed by atoms with Gasteiger partial charge in [0.1, 0.15) is 5.58 Å². The summed E-state index contributed by atoms with van der Waals surface area (Å²) in [5.41, 5.74) is 4.01. The lowest BCUT2D eigenvalue weighted by Crippen LogP contribution is -1.86. The van der Waals surface area contributed by atoms with E-state index in [1.54, 1.807) is 6.08 Å². The average molecular weight is 319 g/mol. The number of fused-ring (bicyclic) bond motifs is 5. The van der Waals surface area contributed by atoms with Crippen LogP contribution >= 0.6 is 11.6 Å². The highest BCUT2D eigenvalue weighted by Crippen LogP contribution is 2.41. The fourth-order valence-corrected chi connectivity index (χ4v) is 3.47. The zero-order valence-corrected chi connectivity index (χ0v) is 13.5. The van der Waals surface area contributed by atoms with Crippen LogP contribution in [0.15, 0.2) is 65.6 Å². The topological polar surface area (TPSA) is 13.1 Å². The molecule has 0 N–H and O–H groups in total. The lowest BCUT2D eigenvalue weighted by Gasteiger charge is -2.08. The van der Waals surface area contributed by atoms with Gasteiger partial charge in [0, 0.05) is 16.2 Å². The fraction of sp³-hybridized carbons (Fsp3) is 0.0476. The number of allylic oxidation sites excluding steroid dienone is 2. The third-order valence-corrected chi connectivity index (χ3v) is 4.61. The molecule has 0 bridgehead atoms. The van der Waals surface area contributed by atoms with Crippen molar-refractivity contribution >= 4 is 50.4 Å². The average Bonchev–Trinajstić information content (AvgIpc) is 2.96. The van der Waals surface area contributed by atoms with E-state index in [9.17, 15) is 0 Å². The SMILES string of the molecule is C=C/C=C\c1c(C)c2ccccc2c2oc3c(Cl)cccc3c12. The van der Waals surface area contributed by atoms with Crippen molar-refractivity contribution in [3.05, 3.63) is 77.3 Å². The Bertz CT molecular complexity index is 1100. The van der Waals surface area contributed by atoms with Crippen molar-refractivity contribution in [2.24, 2.45) is 0 Å². The van der Waals surface area contributed by atoms with E-state index in [-0.39, 0.29) is 0 Å². The molecule has 0 aliphatic rings. The van der Waals surface area contributed by atoms with Crippen molar-refractivity contribution < 1.29 is 4.42 Å². The zero-order chi connectivity index (χ0) is 16.0. The molecule has 112 valence electrons. The number of hydrogen-bond acceptors (Lipinski definition) is 1. The Hall–Kier alpha value is -2.51. The van der Waals surface area contributed by atoms with Crippen LogP contribution in [0.25, 0.3) is 38.8 Å². The van der Waals surface area contributed by atoms with Gasteiger partial charge < -0.3 is 4.42 Å². The standard InChI is InChI=1S/C21H15ClO/c1-3-4-8-15-13(2)14-9-5-6-10-16(14)21-19(15)17-11-7-12-18(22)20(17)23-21/h3-12H,1H2,2H3/b8-4-. The molecule has 4 aromatic rings. The van der Waals surface area contributed by atoms with Crippen molar-refractivity contribution in [1.29, 1.82) is 0 Å². The van der Waals surface area contributed by atoms with E-state index >= 15 is 0 Å². The summed E-state index contributed by atoms with van der Waals surface area (Å²) in [6.07, 6.45) is 5.84. The van der Waals surface area contributed by atoms with Crippen LogP contribution < -0.4 is 0 Å². The van der Waals surface area contributed by atoms with E-state index < -0.39 is 0 Å². The molecular formula is C21H15ClO. The van der Waals surface area contributed by atoms with Crippen LogP contribution in [-0.4, -0.2) is 0 Å². The highest BCUT2D eigenvalue weighted by Gasteiger charge is 2.17. The first-order chi connectivity index (χ1) is 11.2. The Balaban J connectivity index is 2.34. The van der Waals surface area contributed by atoms with Crippen LogP contribution in [-0.2, 0) is 0 Å². The Labute approximate surface area is 139 Å². The molecule has 3 aromatic carbocycles. The smallest absolute Gasteiger partial charge is 0.154 e. The Morgan fingerprint density at radius 2 is 1.70 bits per heavy atom. The molecule has 0 unspecified atom stereocenters. The van der Waals surface area contributed by atoms with Gasteiger partial charge in [-0.2, -0.15) is 0 Å². The first-order valence-electron chi connectivity index (χ1n) is 7.53.